The molecule has 1 atom stereocenters. The molecular formula is C18H19BN6. The van der Waals surface area contributed by atoms with Crippen LogP contribution in [0.2, 0.25) is 12.6 Å². The zero-order chi connectivity index (χ0) is 17.4. The van der Waals surface area contributed by atoms with Gasteiger partial charge in [0.15, 0.2) is 5.65 Å². The van der Waals surface area contributed by atoms with Crippen LogP contribution in [-0.2, 0) is 0 Å². The van der Waals surface area contributed by atoms with Gasteiger partial charge in [-0.15, -0.1) is 0 Å². The molecule has 25 heavy (non-hydrogen) atoms. The summed E-state index contributed by atoms with van der Waals surface area (Å²) in [5, 5.41) is 13.6. The number of nitrogens with zero attached hydrogens (tertiary/aromatic N) is 5. The van der Waals surface area contributed by atoms with Crippen molar-refractivity contribution < 1.29 is 0 Å². The van der Waals surface area contributed by atoms with Crippen LogP contribution < -0.4 is 5.73 Å². The topological polar surface area (TPSA) is 92.9 Å². The van der Waals surface area contributed by atoms with Crippen molar-refractivity contribution in [2.24, 2.45) is 0 Å². The molecule has 0 radical (unpaired) electrons. The lowest BCUT2D eigenvalue weighted by Gasteiger charge is -2.23. The van der Waals surface area contributed by atoms with Crippen molar-refractivity contribution in [2.45, 2.75) is 38.3 Å². The molecule has 0 amide bonds. The van der Waals surface area contributed by atoms with Gasteiger partial charge in [-0.1, -0.05) is 25.1 Å². The summed E-state index contributed by atoms with van der Waals surface area (Å²) >= 11 is 0. The molecule has 4 rings (SSSR count). The van der Waals surface area contributed by atoms with Crippen LogP contribution in [0.25, 0.3) is 16.8 Å². The van der Waals surface area contributed by atoms with Gasteiger partial charge in [0.2, 0.25) is 0 Å². The Morgan fingerprint density at radius 2 is 2.24 bits per heavy atom. The number of pyridine rings is 1. The van der Waals surface area contributed by atoms with E-state index in [1.807, 2.05) is 31.3 Å². The summed E-state index contributed by atoms with van der Waals surface area (Å²) in [4.78, 5) is 9.24. The molecule has 1 aliphatic rings. The van der Waals surface area contributed by atoms with Crippen molar-refractivity contribution in [3.63, 3.8) is 0 Å². The standard InChI is InChI=1S/C18H19BN6/c1-12-4-5-14(9-22-12)15-10-23-25-17(21)7-16(24-18(15)25)13-3-2-6-19(8-13)11-20/h4-5,7,9-10,13H,2-3,6,8,21H2,1H3. The third kappa shape index (κ3) is 2.84. The highest BCUT2D eigenvalue weighted by Crippen LogP contribution is 2.34. The average Bonchev–Trinajstić information content (AvgIpc) is 3.07. The van der Waals surface area contributed by atoms with Crippen molar-refractivity contribution in [3.05, 3.63) is 42.0 Å². The molecule has 0 spiro atoms. The summed E-state index contributed by atoms with van der Waals surface area (Å²) in [7, 11) is 0. The van der Waals surface area contributed by atoms with Gasteiger partial charge in [0, 0.05) is 40.7 Å². The van der Waals surface area contributed by atoms with E-state index in [1.165, 1.54) is 0 Å². The lowest BCUT2D eigenvalue weighted by atomic mass is 9.41. The number of anilines is 1. The van der Waals surface area contributed by atoms with Crippen LogP contribution >= 0.6 is 0 Å². The first-order chi connectivity index (χ1) is 12.2. The maximum atomic E-state index is 9.25. The van der Waals surface area contributed by atoms with Crippen molar-refractivity contribution in [3.8, 4) is 17.1 Å². The average molecular weight is 330 g/mol. The number of nitrogen functional groups attached to an aromatic ring is 1. The predicted octanol–water partition coefficient (Wildman–Crippen LogP) is 3.12. The first-order valence-electron chi connectivity index (χ1n) is 8.62. The number of hydrogen-bond donors (Lipinski definition) is 1. The van der Waals surface area contributed by atoms with Crippen molar-refractivity contribution in [1.82, 2.24) is 19.6 Å². The van der Waals surface area contributed by atoms with E-state index in [9.17, 15) is 5.26 Å². The fourth-order valence-electron chi connectivity index (χ4n) is 3.62. The van der Waals surface area contributed by atoms with Gasteiger partial charge < -0.3 is 5.73 Å². The predicted molar refractivity (Wildman–Crippen MR) is 98.3 cm³/mol. The number of nitriles is 1. The molecule has 3 aromatic heterocycles. The van der Waals surface area contributed by atoms with E-state index in [4.69, 9.17) is 10.7 Å². The molecule has 0 aliphatic carbocycles. The van der Waals surface area contributed by atoms with E-state index in [1.54, 1.807) is 10.7 Å². The smallest absolute Gasteiger partial charge is 0.268 e. The third-order valence-corrected chi connectivity index (χ3v) is 5.02. The normalized spacial score (nSPS) is 17.6. The van der Waals surface area contributed by atoms with Gasteiger partial charge >= 0.3 is 0 Å². The van der Waals surface area contributed by atoms with Crippen LogP contribution in [-0.4, -0.2) is 26.3 Å². The number of rotatable bonds is 2. The maximum absolute atomic E-state index is 9.25. The van der Waals surface area contributed by atoms with Crippen LogP contribution in [0.3, 0.4) is 0 Å². The van der Waals surface area contributed by atoms with E-state index in [0.717, 1.165) is 53.6 Å². The van der Waals surface area contributed by atoms with Crippen LogP contribution in [0.5, 0.6) is 0 Å². The number of fused-ring (bicyclic) bond motifs is 1. The number of aromatic nitrogens is 4. The Balaban J connectivity index is 1.79. The molecule has 4 heterocycles. The highest BCUT2D eigenvalue weighted by molar-refractivity contribution is 6.67. The SMILES string of the molecule is Cc1ccc(-c2cnn3c(N)cc(C4CCCB(C#N)C4)nc23)cn1. The molecule has 0 aromatic carbocycles. The number of hydrogen-bond acceptors (Lipinski definition) is 5. The summed E-state index contributed by atoms with van der Waals surface area (Å²) in [6.07, 6.45) is 7.57. The lowest BCUT2D eigenvalue weighted by Crippen LogP contribution is -2.21. The fourth-order valence-corrected chi connectivity index (χ4v) is 3.62. The Hall–Kier alpha value is -2.88. The second-order valence-corrected chi connectivity index (χ2v) is 6.78. The lowest BCUT2D eigenvalue weighted by molar-refractivity contribution is 0.614. The van der Waals surface area contributed by atoms with Crippen LogP contribution in [0.15, 0.2) is 30.6 Å². The van der Waals surface area contributed by atoms with E-state index in [2.05, 4.69) is 16.1 Å². The first-order valence-corrected chi connectivity index (χ1v) is 8.62. The van der Waals surface area contributed by atoms with E-state index in [0.29, 0.717) is 5.82 Å². The van der Waals surface area contributed by atoms with Gasteiger partial charge in [0.1, 0.15) is 5.82 Å². The molecule has 0 saturated carbocycles. The zero-order valence-electron chi connectivity index (χ0n) is 14.2. The minimum absolute atomic E-state index is 0.115. The monoisotopic (exact) mass is 330 g/mol. The molecule has 124 valence electrons. The van der Waals surface area contributed by atoms with Gasteiger partial charge in [-0.05, 0) is 25.3 Å². The molecule has 1 unspecified atom stereocenters. The van der Waals surface area contributed by atoms with E-state index < -0.39 is 0 Å². The molecule has 7 heteroatoms. The van der Waals surface area contributed by atoms with Crippen LogP contribution in [0, 0.1) is 18.2 Å². The van der Waals surface area contributed by atoms with Gasteiger partial charge in [-0.2, -0.15) is 9.61 Å². The first kappa shape index (κ1) is 15.6. The highest BCUT2D eigenvalue weighted by atomic mass is 15.3. The number of nitrogens with two attached hydrogens (primary N) is 1. The van der Waals surface area contributed by atoms with Gasteiger partial charge in [0.05, 0.1) is 6.20 Å². The molecule has 6 nitrogen and oxygen atoms in total. The Morgan fingerprint density at radius 1 is 1.36 bits per heavy atom. The number of aryl methyl sites for hydroxylation is 1. The zero-order valence-corrected chi connectivity index (χ0v) is 14.2. The van der Waals surface area contributed by atoms with E-state index in [-0.39, 0.29) is 12.6 Å². The molecule has 0 bridgehead atoms. The molecule has 3 aromatic rings. The summed E-state index contributed by atoms with van der Waals surface area (Å²) in [6, 6.07) is 5.91. The van der Waals surface area contributed by atoms with Gasteiger partial charge in [-0.25, -0.2) is 10.2 Å². The van der Waals surface area contributed by atoms with Gasteiger partial charge in [-0.3, -0.25) is 4.98 Å². The molecular weight excluding hydrogens is 311 g/mol. The summed E-state index contributed by atoms with van der Waals surface area (Å²) in [5.74, 6) is 3.26. The second-order valence-electron chi connectivity index (χ2n) is 6.78. The van der Waals surface area contributed by atoms with Crippen molar-refractivity contribution in [1.29, 1.82) is 5.26 Å². The minimum Gasteiger partial charge on any atom is -0.384 e. The fraction of sp³-hybridized carbons (Fsp3) is 0.333. The summed E-state index contributed by atoms with van der Waals surface area (Å²) in [5.41, 5.74) is 10.8. The second kappa shape index (κ2) is 6.21. The molecule has 1 aliphatic heterocycles. The van der Waals surface area contributed by atoms with Crippen molar-refractivity contribution in [2.75, 3.05) is 5.73 Å². The largest absolute Gasteiger partial charge is 0.384 e. The van der Waals surface area contributed by atoms with Crippen LogP contribution in [0.1, 0.15) is 30.1 Å². The molecule has 1 fully saturated rings. The Bertz CT molecular complexity index is 956. The van der Waals surface area contributed by atoms with Gasteiger partial charge in [0.25, 0.3) is 6.71 Å². The Kier molecular flexibility index (Phi) is 3.88. The maximum Gasteiger partial charge on any atom is 0.268 e. The molecule has 1 saturated heterocycles. The third-order valence-electron chi connectivity index (χ3n) is 5.02. The van der Waals surface area contributed by atoms with E-state index >= 15 is 0 Å². The highest BCUT2D eigenvalue weighted by Gasteiger charge is 2.28. The quantitative estimate of drug-likeness (QED) is 0.729. The summed E-state index contributed by atoms with van der Waals surface area (Å²) in [6.45, 7) is 2.08. The minimum atomic E-state index is 0.115. The Labute approximate surface area is 146 Å². The Morgan fingerprint density at radius 3 is 3.00 bits per heavy atom. The molecule has 2 N–H and O–H groups in total. The van der Waals surface area contributed by atoms with Crippen molar-refractivity contribution >= 4 is 18.2 Å². The summed E-state index contributed by atoms with van der Waals surface area (Å²) < 4.78 is 1.67. The van der Waals surface area contributed by atoms with Crippen LogP contribution in [0.4, 0.5) is 5.82 Å².